The van der Waals surface area contributed by atoms with Crippen LogP contribution in [0, 0.1) is 0 Å². The van der Waals surface area contributed by atoms with Crippen LogP contribution < -0.4 is 4.90 Å². The quantitative estimate of drug-likeness (QED) is 0.611. The van der Waals surface area contributed by atoms with E-state index >= 15 is 0 Å². The summed E-state index contributed by atoms with van der Waals surface area (Å²) in [6.07, 6.45) is 1.96. The molecule has 1 aliphatic heterocycles. The molecule has 144 valence electrons. The maximum atomic E-state index is 11.8. The summed E-state index contributed by atoms with van der Waals surface area (Å²) >= 11 is 0. The second kappa shape index (κ2) is 7.44. The highest BCUT2D eigenvalue weighted by molar-refractivity contribution is 7.86. The molecule has 0 saturated carbocycles. The minimum atomic E-state index is -4.28. The summed E-state index contributed by atoms with van der Waals surface area (Å²) in [4.78, 5) is 1.83. The van der Waals surface area contributed by atoms with Crippen molar-refractivity contribution in [1.82, 2.24) is 0 Å². The van der Waals surface area contributed by atoms with E-state index < -0.39 is 10.1 Å². The standard InChI is InChI=1S/C21H26N2O3S/c1-15(2)17-8-7-9-18(16(3)4)21(17)23-13-12-22(14-23)19-10-5-6-11-20(19)27(24,25)26/h5-11,14-16H,12-13H2,1-4H3/p+1. The Morgan fingerprint density at radius 1 is 0.963 bits per heavy atom. The van der Waals surface area contributed by atoms with Gasteiger partial charge >= 0.3 is 0 Å². The summed E-state index contributed by atoms with van der Waals surface area (Å²) < 4.78 is 35.3. The van der Waals surface area contributed by atoms with Gasteiger partial charge in [-0.25, -0.2) is 9.48 Å². The van der Waals surface area contributed by atoms with Gasteiger partial charge in [-0.2, -0.15) is 8.42 Å². The van der Waals surface area contributed by atoms with Gasteiger partial charge in [0.1, 0.15) is 29.4 Å². The second-order valence-electron chi connectivity index (χ2n) is 7.54. The van der Waals surface area contributed by atoms with Crippen LogP contribution in [-0.2, 0) is 10.1 Å². The summed E-state index contributed by atoms with van der Waals surface area (Å²) in [6, 6.07) is 13.0. The summed E-state index contributed by atoms with van der Waals surface area (Å²) in [6.45, 7) is 10.1. The normalized spacial score (nSPS) is 14.9. The maximum absolute atomic E-state index is 11.8. The SMILES string of the molecule is CC(C)c1cccc(C(C)C)c1[N+]1=CN(c2ccccc2S(=O)(=O)O)CC1. The van der Waals surface area contributed by atoms with Crippen LogP contribution in [0.2, 0.25) is 0 Å². The average Bonchev–Trinajstić information content (AvgIpc) is 3.09. The molecule has 0 fully saturated rings. The van der Waals surface area contributed by atoms with Gasteiger partial charge in [-0.3, -0.25) is 4.55 Å². The van der Waals surface area contributed by atoms with E-state index in [1.165, 1.54) is 22.9 Å². The van der Waals surface area contributed by atoms with Gasteiger partial charge in [-0.05, 0) is 24.0 Å². The molecule has 0 unspecified atom stereocenters. The van der Waals surface area contributed by atoms with E-state index in [1.54, 1.807) is 18.2 Å². The molecule has 1 N–H and O–H groups in total. The van der Waals surface area contributed by atoms with Crippen LogP contribution in [0.15, 0.2) is 47.4 Å². The minimum Gasteiger partial charge on any atom is -0.282 e. The molecule has 0 spiro atoms. The van der Waals surface area contributed by atoms with Crippen LogP contribution >= 0.6 is 0 Å². The third-order valence-corrected chi connectivity index (χ3v) is 5.84. The first-order valence-electron chi connectivity index (χ1n) is 9.27. The molecular formula is C21H27N2O3S+. The van der Waals surface area contributed by atoms with E-state index in [-0.39, 0.29) is 4.90 Å². The summed E-state index contributed by atoms with van der Waals surface area (Å²) in [5, 5.41) is 0. The zero-order valence-corrected chi connectivity index (χ0v) is 17.1. The molecule has 27 heavy (non-hydrogen) atoms. The molecule has 1 aliphatic rings. The highest BCUT2D eigenvalue weighted by Crippen LogP contribution is 2.35. The smallest absolute Gasteiger partial charge is 0.282 e. The van der Waals surface area contributed by atoms with Gasteiger partial charge in [-0.15, -0.1) is 0 Å². The topological polar surface area (TPSA) is 60.6 Å². The number of hydrogen-bond donors (Lipinski definition) is 1. The fraction of sp³-hybridized carbons (Fsp3) is 0.381. The van der Waals surface area contributed by atoms with Gasteiger partial charge in [-0.1, -0.05) is 58.0 Å². The molecular weight excluding hydrogens is 360 g/mol. The van der Waals surface area contributed by atoms with Crippen molar-refractivity contribution in [3.8, 4) is 0 Å². The number of rotatable bonds is 5. The third kappa shape index (κ3) is 3.92. The van der Waals surface area contributed by atoms with Crippen LogP contribution in [0.4, 0.5) is 11.4 Å². The van der Waals surface area contributed by atoms with E-state index in [1.807, 2.05) is 11.2 Å². The van der Waals surface area contributed by atoms with Crippen molar-refractivity contribution in [2.24, 2.45) is 0 Å². The number of para-hydroxylation sites is 2. The molecule has 6 heteroatoms. The lowest BCUT2D eigenvalue weighted by atomic mass is 9.92. The lowest BCUT2D eigenvalue weighted by Crippen LogP contribution is -2.20. The van der Waals surface area contributed by atoms with Gasteiger partial charge in [0.15, 0.2) is 0 Å². The van der Waals surface area contributed by atoms with E-state index in [2.05, 4.69) is 50.5 Å². The van der Waals surface area contributed by atoms with E-state index in [0.717, 1.165) is 6.54 Å². The molecule has 0 radical (unpaired) electrons. The maximum Gasteiger partial charge on any atom is 0.298 e. The van der Waals surface area contributed by atoms with E-state index in [0.29, 0.717) is 24.1 Å². The van der Waals surface area contributed by atoms with Crippen LogP contribution in [0.1, 0.15) is 50.7 Å². The van der Waals surface area contributed by atoms with Crippen LogP contribution in [0.5, 0.6) is 0 Å². The van der Waals surface area contributed by atoms with Crippen molar-refractivity contribution >= 4 is 27.8 Å². The van der Waals surface area contributed by atoms with Gasteiger partial charge in [0.25, 0.3) is 10.1 Å². The van der Waals surface area contributed by atoms with Crippen molar-refractivity contribution in [2.45, 2.75) is 44.4 Å². The zero-order chi connectivity index (χ0) is 19.8. The molecule has 0 bridgehead atoms. The molecule has 3 rings (SSSR count). The first-order valence-corrected chi connectivity index (χ1v) is 10.7. The predicted molar refractivity (Wildman–Crippen MR) is 109 cm³/mol. The fourth-order valence-corrected chi connectivity index (χ4v) is 4.31. The Balaban J connectivity index is 2.11. The Kier molecular flexibility index (Phi) is 5.40. The van der Waals surface area contributed by atoms with Crippen molar-refractivity contribution in [3.63, 3.8) is 0 Å². The molecule has 1 heterocycles. The van der Waals surface area contributed by atoms with E-state index in [9.17, 15) is 13.0 Å². The minimum absolute atomic E-state index is 0.0654. The highest BCUT2D eigenvalue weighted by atomic mass is 32.2. The molecule has 0 aromatic heterocycles. The Morgan fingerprint density at radius 3 is 2.11 bits per heavy atom. The summed E-state index contributed by atoms with van der Waals surface area (Å²) in [7, 11) is -4.28. The lowest BCUT2D eigenvalue weighted by Gasteiger charge is -2.17. The zero-order valence-electron chi connectivity index (χ0n) is 16.3. The number of nitrogens with zero attached hydrogens (tertiary/aromatic N) is 2. The predicted octanol–water partition coefficient (Wildman–Crippen LogP) is 4.37. The molecule has 0 aliphatic carbocycles. The Morgan fingerprint density at radius 2 is 1.56 bits per heavy atom. The lowest BCUT2D eigenvalue weighted by molar-refractivity contribution is -0.425. The molecule has 0 atom stereocenters. The number of anilines is 1. The van der Waals surface area contributed by atoms with Crippen LogP contribution in [-0.4, -0.2) is 37.0 Å². The largest absolute Gasteiger partial charge is 0.298 e. The number of benzene rings is 2. The number of hydrogen-bond acceptors (Lipinski definition) is 3. The van der Waals surface area contributed by atoms with Gasteiger partial charge in [0.05, 0.1) is 0 Å². The molecule has 5 nitrogen and oxygen atoms in total. The third-order valence-electron chi connectivity index (χ3n) is 4.94. The molecule has 0 saturated heterocycles. The average molecular weight is 388 g/mol. The first-order chi connectivity index (χ1) is 12.7. The van der Waals surface area contributed by atoms with Gasteiger partial charge < -0.3 is 0 Å². The Hall–Kier alpha value is -2.18. The molecule has 2 aromatic carbocycles. The van der Waals surface area contributed by atoms with E-state index in [4.69, 9.17) is 0 Å². The Bertz CT molecular complexity index is 952. The van der Waals surface area contributed by atoms with Gasteiger partial charge in [0.2, 0.25) is 6.34 Å². The second-order valence-corrected chi connectivity index (χ2v) is 8.93. The van der Waals surface area contributed by atoms with Crippen molar-refractivity contribution in [3.05, 3.63) is 53.6 Å². The fourth-order valence-electron chi connectivity index (χ4n) is 3.61. The monoisotopic (exact) mass is 387 g/mol. The van der Waals surface area contributed by atoms with Crippen molar-refractivity contribution in [1.29, 1.82) is 0 Å². The van der Waals surface area contributed by atoms with Crippen molar-refractivity contribution in [2.75, 3.05) is 18.0 Å². The summed E-state index contributed by atoms with van der Waals surface area (Å²) in [5.74, 6) is 0.762. The van der Waals surface area contributed by atoms with Crippen LogP contribution in [0.3, 0.4) is 0 Å². The highest BCUT2D eigenvalue weighted by Gasteiger charge is 2.30. The Labute approximate surface area is 161 Å². The first kappa shape index (κ1) is 19.6. The molecule has 0 amide bonds. The van der Waals surface area contributed by atoms with Crippen LogP contribution in [0.25, 0.3) is 0 Å². The van der Waals surface area contributed by atoms with Crippen molar-refractivity contribution < 1.29 is 17.5 Å². The van der Waals surface area contributed by atoms with Gasteiger partial charge in [0, 0.05) is 11.1 Å². The molecule has 2 aromatic rings. The summed E-state index contributed by atoms with van der Waals surface area (Å²) in [5.41, 5.74) is 4.26.